The van der Waals surface area contributed by atoms with Gasteiger partial charge in [0, 0.05) is 12.3 Å². The Kier molecular flexibility index (Phi) is 6.43. The van der Waals surface area contributed by atoms with Crippen molar-refractivity contribution in [2.45, 2.75) is 26.9 Å². The van der Waals surface area contributed by atoms with E-state index in [1.54, 1.807) is 13.8 Å². The Bertz CT molecular complexity index is 706. The SMILES string of the molecule is CC(C)C(=O)C(Cc1ccccc1)=NC(=O)OCc1ccccc1. The lowest BCUT2D eigenvalue weighted by molar-refractivity contribution is -0.115. The molecule has 0 aliphatic rings. The number of carbonyl (C=O) groups is 2. The van der Waals surface area contributed by atoms with Gasteiger partial charge in [0.1, 0.15) is 6.61 Å². The van der Waals surface area contributed by atoms with Crippen molar-refractivity contribution in [3.63, 3.8) is 0 Å². The van der Waals surface area contributed by atoms with Crippen LogP contribution in [0.25, 0.3) is 0 Å². The highest BCUT2D eigenvalue weighted by molar-refractivity contribution is 6.42. The van der Waals surface area contributed by atoms with Crippen LogP contribution in [0.3, 0.4) is 0 Å². The number of carbonyl (C=O) groups excluding carboxylic acids is 2. The standard InChI is InChI=1S/C20H21NO3/c1-15(2)19(22)18(13-16-9-5-3-6-10-16)21-20(23)24-14-17-11-7-4-8-12-17/h3-12,15H,13-14H2,1-2H3. The number of aliphatic imine (C=N–C) groups is 1. The maximum Gasteiger partial charge on any atom is 0.434 e. The van der Waals surface area contributed by atoms with Crippen LogP contribution in [0.1, 0.15) is 25.0 Å². The van der Waals surface area contributed by atoms with Gasteiger partial charge in [-0.3, -0.25) is 4.79 Å². The molecule has 124 valence electrons. The number of nitrogens with zero attached hydrogens (tertiary/aromatic N) is 1. The monoisotopic (exact) mass is 323 g/mol. The second-order valence-corrected chi connectivity index (χ2v) is 5.78. The number of Topliss-reactive ketones (excluding diaryl/α,β-unsaturated/α-hetero) is 1. The van der Waals surface area contributed by atoms with E-state index in [1.807, 2.05) is 60.7 Å². The van der Waals surface area contributed by atoms with Crippen molar-refractivity contribution in [2.75, 3.05) is 0 Å². The summed E-state index contributed by atoms with van der Waals surface area (Å²) in [7, 11) is 0. The summed E-state index contributed by atoms with van der Waals surface area (Å²) in [4.78, 5) is 28.2. The summed E-state index contributed by atoms with van der Waals surface area (Å²) in [5, 5.41) is 0. The third-order valence-electron chi connectivity index (χ3n) is 3.45. The van der Waals surface area contributed by atoms with E-state index < -0.39 is 6.09 Å². The number of hydrogen-bond donors (Lipinski definition) is 0. The van der Waals surface area contributed by atoms with Crippen molar-refractivity contribution >= 4 is 17.6 Å². The summed E-state index contributed by atoms with van der Waals surface area (Å²) >= 11 is 0. The highest BCUT2D eigenvalue weighted by Gasteiger charge is 2.18. The number of benzene rings is 2. The summed E-state index contributed by atoms with van der Waals surface area (Å²) in [6.45, 7) is 3.72. The average molecular weight is 323 g/mol. The smallest absolute Gasteiger partial charge is 0.434 e. The molecule has 0 spiro atoms. The van der Waals surface area contributed by atoms with Gasteiger partial charge in [-0.25, -0.2) is 4.79 Å². The van der Waals surface area contributed by atoms with E-state index >= 15 is 0 Å². The number of rotatable bonds is 6. The fourth-order valence-corrected chi connectivity index (χ4v) is 2.17. The number of hydrogen-bond acceptors (Lipinski definition) is 3. The maximum atomic E-state index is 12.3. The Balaban J connectivity index is 2.08. The van der Waals surface area contributed by atoms with Gasteiger partial charge in [0.25, 0.3) is 0 Å². The average Bonchev–Trinajstić information content (AvgIpc) is 2.60. The molecule has 0 aliphatic carbocycles. The molecule has 24 heavy (non-hydrogen) atoms. The zero-order chi connectivity index (χ0) is 17.4. The number of ether oxygens (including phenoxy) is 1. The lowest BCUT2D eigenvalue weighted by atomic mass is 9.99. The minimum Gasteiger partial charge on any atom is -0.443 e. The molecule has 0 atom stereocenters. The lowest BCUT2D eigenvalue weighted by Crippen LogP contribution is -2.23. The molecule has 2 aromatic rings. The molecule has 2 rings (SSSR count). The van der Waals surface area contributed by atoms with Gasteiger partial charge in [-0.1, -0.05) is 74.5 Å². The molecule has 4 heteroatoms. The fourth-order valence-electron chi connectivity index (χ4n) is 2.17. The summed E-state index contributed by atoms with van der Waals surface area (Å²) in [6.07, 6.45) is -0.419. The van der Waals surface area contributed by atoms with Crippen molar-refractivity contribution in [2.24, 2.45) is 10.9 Å². The van der Waals surface area contributed by atoms with Gasteiger partial charge in [0.2, 0.25) is 0 Å². The van der Waals surface area contributed by atoms with Crippen molar-refractivity contribution in [1.82, 2.24) is 0 Å². The van der Waals surface area contributed by atoms with E-state index in [4.69, 9.17) is 4.74 Å². The molecule has 0 N–H and O–H groups in total. The van der Waals surface area contributed by atoms with E-state index in [9.17, 15) is 9.59 Å². The van der Waals surface area contributed by atoms with Gasteiger partial charge < -0.3 is 4.74 Å². The third-order valence-corrected chi connectivity index (χ3v) is 3.45. The molecule has 4 nitrogen and oxygen atoms in total. The van der Waals surface area contributed by atoms with Gasteiger partial charge in [-0.15, -0.1) is 0 Å². The first-order chi connectivity index (χ1) is 11.6. The molecule has 0 bridgehead atoms. The Labute approximate surface area is 142 Å². The molecule has 0 aliphatic heterocycles. The molecule has 0 heterocycles. The molecule has 0 unspecified atom stereocenters. The van der Waals surface area contributed by atoms with Crippen LogP contribution in [0.5, 0.6) is 0 Å². The quantitative estimate of drug-likeness (QED) is 0.747. The number of amides is 1. The van der Waals surface area contributed by atoms with E-state index in [0.717, 1.165) is 11.1 Å². The maximum absolute atomic E-state index is 12.3. The topological polar surface area (TPSA) is 55.7 Å². The van der Waals surface area contributed by atoms with Gasteiger partial charge in [0.05, 0.1) is 5.71 Å². The molecule has 2 aromatic carbocycles. The summed E-state index contributed by atoms with van der Waals surface area (Å²) < 4.78 is 5.15. The molecule has 1 amide bonds. The highest BCUT2D eigenvalue weighted by atomic mass is 16.5. The molecule has 0 fully saturated rings. The van der Waals surface area contributed by atoms with Gasteiger partial charge in [-0.2, -0.15) is 4.99 Å². The van der Waals surface area contributed by atoms with Gasteiger partial charge in [-0.05, 0) is 11.1 Å². The predicted octanol–water partition coefficient (Wildman–Crippen LogP) is 4.23. The Hall–Kier alpha value is -2.75. The first-order valence-electron chi connectivity index (χ1n) is 7.92. The van der Waals surface area contributed by atoms with Crippen LogP contribution in [0, 0.1) is 5.92 Å². The van der Waals surface area contributed by atoms with Crippen molar-refractivity contribution in [3.8, 4) is 0 Å². The van der Waals surface area contributed by atoms with Gasteiger partial charge in [0.15, 0.2) is 5.78 Å². The lowest BCUT2D eigenvalue weighted by Gasteiger charge is -2.09. The number of ketones is 1. The molecule has 0 saturated carbocycles. The molecule has 0 radical (unpaired) electrons. The Morgan fingerprint density at radius 2 is 1.46 bits per heavy atom. The minimum absolute atomic E-state index is 0.137. The van der Waals surface area contributed by atoms with Crippen molar-refractivity contribution in [1.29, 1.82) is 0 Å². The van der Waals surface area contributed by atoms with E-state index in [-0.39, 0.29) is 24.0 Å². The van der Waals surface area contributed by atoms with Gasteiger partial charge >= 0.3 is 6.09 Å². The van der Waals surface area contributed by atoms with E-state index in [1.165, 1.54) is 0 Å². The fraction of sp³-hybridized carbons (Fsp3) is 0.250. The molecule has 0 saturated heterocycles. The van der Waals surface area contributed by atoms with Crippen LogP contribution in [-0.2, 0) is 22.6 Å². The molecular formula is C20H21NO3. The van der Waals surface area contributed by atoms with Crippen LogP contribution >= 0.6 is 0 Å². The molecular weight excluding hydrogens is 302 g/mol. The van der Waals surface area contributed by atoms with Crippen LogP contribution in [0.4, 0.5) is 4.79 Å². The predicted molar refractivity (Wildman–Crippen MR) is 94.1 cm³/mol. The van der Waals surface area contributed by atoms with Crippen LogP contribution in [0.15, 0.2) is 65.7 Å². The summed E-state index contributed by atoms with van der Waals surface area (Å²) in [5.74, 6) is -0.370. The van der Waals surface area contributed by atoms with Crippen molar-refractivity contribution in [3.05, 3.63) is 71.8 Å². The first kappa shape index (κ1) is 17.6. The third kappa shape index (κ3) is 5.47. The summed E-state index contributed by atoms with van der Waals surface area (Å²) in [5.41, 5.74) is 2.04. The zero-order valence-electron chi connectivity index (χ0n) is 13.9. The first-order valence-corrected chi connectivity index (χ1v) is 7.92. The largest absolute Gasteiger partial charge is 0.443 e. The second-order valence-electron chi connectivity index (χ2n) is 5.78. The summed E-state index contributed by atoms with van der Waals surface area (Å²) in [6, 6.07) is 18.8. The zero-order valence-corrected chi connectivity index (χ0v) is 13.9. The molecule has 0 aromatic heterocycles. The van der Waals surface area contributed by atoms with Crippen LogP contribution in [0.2, 0.25) is 0 Å². The van der Waals surface area contributed by atoms with E-state index in [2.05, 4.69) is 4.99 Å². The van der Waals surface area contributed by atoms with Crippen molar-refractivity contribution < 1.29 is 14.3 Å². The van der Waals surface area contributed by atoms with Crippen LogP contribution in [-0.4, -0.2) is 17.6 Å². The normalized spacial score (nSPS) is 11.4. The Morgan fingerprint density at radius 3 is 2.00 bits per heavy atom. The Morgan fingerprint density at radius 1 is 0.917 bits per heavy atom. The minimum atomic E-state index is -0.737. The van der Waals surface area contributed by atoms with E-state index in [0.29, 0.717) is 6.42 Å². The second kappa shape index (κ2) is 8.77. The highest BCUT2D eigenvalue weighted by Crippen LogP contribution is 2.08. The van der Waals surface area contributed by atoms with Crippen LogP contribution < -0.4 is 0 Å².